The highest BCUT2D eigenvalue weighted by atomic mass is 19.4. The molecule has 1 aromatic carbocycles. The number of pyridine rings is 1. The molecule has 0 saturated carbocycles. The van der Waals surface area contributed by atoms with Gasteiger partial charge in [0.1, 0.15) is 11.3 Å². The average molecular weight is 419 g/mol. The Hall–Kier alpha value is -3.23. The van der Waals surface area contributed by atoms with Crippen LogP contribution in [-0.4, -0.2) is 19.9 Å². The zero-order chi connectivity index (χ0) is 22.2. The minimum Gasteiger partial charge on any atom is -0.292 e. The predicted octanol–water partition coefficient (Wildman–Crippen LogP) is 3.12. The van der Waals surface area contributed by atoms with E-state index in [1.54, 1.807) is 6.07 Å². The molecule has 158 valence electrons. The molecule has 0 aliphatic rings. The molecule has 30 heavy (non-hydrogen) atoms. The molecule has 0 aliphatic heterocycles. The number of halogens is 3. The number of fused-ring (bicyclic) bond motifs is 1. The molecule has 3 aromatic rings. The first kappa shape index (κ1) is 21.5. The number of nitrogens with zero attached hydrogens (tertiary/aromatic N) is 3. The van der Waals surface area contributed by atoms with Crippen LogP contribution in [0.15, 0.2) is 39.9 Å². The number of carbonyl (C=O) groups excluding carboxylic acids is 1. The van der Waals surface area contributed by atoms with Crippen molar-refractivity contribution < 1.29 is 18.0 Å². The number of ketones is 1. The van der Waals surface area contributed by atoms with Crippen LogP contribution in [0.1, 0.15) is 41.0 Å². The van der Waals surface area contributed by atoms with Crippen LogP contribution in [0.25, 0.3) is 11.0 Å². The molecule has 0 atom stereocenters. The van der Waals surface area contributed by atoms with E-state index in [4.69, 9.17) is 0 Å². The lowest BCUT2D eigenvalue weighted by Crippen LogP contribution is -2.41. The van der Waals surface area contributed by atoms with Crippen LogP contribution in [0.3, 0.4) is 0 Å². The Kier molecular flexibility index (Phi) is 5.65. The van der Waals surface area contributed by atoms with Crippen molar-refractivity contribution in [2.75, 3.05) is 0 Å². The molecule has 2 aromatic heterocycles. The van der Waals surface area contributed by atoms with Crippen LogP contribution in [0.5, 0.6) is 0 Å². The van der Waals surface area contributed by atoms with Crippen LogP contribution in [0.4, 0.5) is 13.2 Å². The minimum atomic E-state index is -4.71. The summed E-state index contributed by atoms with van der Waals surface area (Å²) in [6.07, 6.45) is -3.40. The van der Waals surface area contributed by atoms with Crippen LogP contribution >= 0.6 is 0 Å². The van der Waals surface area contributed by atoms with Crippen molar-refractivity contribution in [2.45, 2.75) is 39.4 Å². The number of hydrogen-bond acceptors (Lipinski definition) is 4. The predicted molar refractivity (Wildman–Crippen MR) is 106 cm³/mol. The van der Waals surface area contributed by atoms with Crippen molar-refractivity contribution in [1.82, 2.24) is 14.1 Å². The van der Waals surface area contributed by atoms with Gasteiger partial charge >= 0.3 is 11.9 Å². The van der Waals surface area contributed by atoms with Gasteiger partial charge < -0.3 is 0 Å². The van der Waals surface area contributed by atoms with Gasteiger partial charge in [-0.15, -0.1) is 0 Å². The summed E-state index contributed by atoms with van der Waals surface area (Å²) in [5, 5.41) is -0.170. The molecule has 6 nitrogen and oxygen atoms in total. The SMILES string of the molecule is CCc1ccc(CC)c(C(=O)Cn2c(=O)c3ccc(C(F)(F)F)nc3n(C)c2=O)c1. The number of benzene rings is 1. The maximum Gasteiger partial charge on any atom is 0.433 e. The molecule has 0 unspecified atom stereocenters. The number of Topliss-reactive ketones (excluding diaryl/α,β-unsaturated/α-hetero) is 1. The Morgan fingerprint density at radius 2 is 1.77 bits per heavy atom. The van der Waals surface area contributed by atoms with Gasteiger partial charge in [0.05, 0.1) is 11.9 Å². The van der Waals surface area contributed by atoms with Gasteiger partial charge in [-0.2, -0.15) is 13.2 Å². The molecule has 0 radical (unpaired) electrons. The summed E-state index contributed by atoms with van der Waals surface area (Å²) in [4.78, 5) is 41.8. The second-order valence-corrected chi connectivity index (χ2v) is 6.92. The molecule has 0 fully saturated rings. The lowest BCUT2D eigenvalue weighted by molar-refractivity contribution is -0.141. The monoisotopic (exact) mass is 419 g/mol. The second kappa shape index (κ2) is 7.89. The number of hydrogen-bond donors (Lipinski definition) is 0. The van der Waals surface area contributed by atoms with Gasteiger partial charge in [0.15, 0.2) is 5.78 Å². The summed E-state index contributed by atoms with van der Waals surface area (Å²) in [5.41, 5.74) is -1.19. The van der Waals surface area contributed by atoms with Crippen molar-refractivity contribution in [2.24, 2.45) is 7.05 Å². The lowest BCUT2D eigenvalue weighted by Gasteiger charge is -2.13. The smallest absolute Gasteiger partial charge is 0.292 e. The molecule has 0 bridgehead atoms. The molecule has 9 heteroatoms. The van der Waals surface area contributed by atoms with Crippen LogP contribution in [0.2, 0.25) is 0 Å². The van der Waals surface area contributed by atoms with Gasteiger partial charge in [-0.05, 0) is 42.2 Å². The fourth-order valence-electron chi connectivity index (χ4n) is 3.31. The molecule has 3 rings (SSSR count). The van der Waals surface area contributed by atoms with E-state index in [-0.39, 0.29) is 11.0 Å². The van der Waals surface area contributed by atoms with Gasteiger partial charge in [0.25, 0.3) is 5.56 Å². The molecule has 2 heterocycles. The number of alkyl halides is 3. The highest BCUT2D eigenvalue weighted by molar-refractivity contribution is 5.97. The third kappa shape index (κ3) is 3.79. The topological polar surface area (TPSA) is 74.0 Å². The number of rotatable bonds is 5. The van der Waals surface area contributed by atoms with Gasteiger partial charge in [0.2, 0.25) is 0 Å². The second-order valence-electron chi connectivity index (χ2n) is 6.92. The summed E-state index contributed by atoms with van der Waals surface area (Å²) in [5.74, 6) is -0.416. The van der Waals surface area contributed by atoms with E-state index in [9.17, 15) is 27.6 Å². The van der Waals surface area contributed by atoms with Crippen molar-refractivity contribution in [3.8, 4) is 0 Å². The van der Waals surface area contributed by atoms with E-state index in [1.165, 1.54) is 7.05 Å². The maximum atomic E-state index is 12.9. The largest absolute Gasteiger partial charge is 0.433 e. The third-order valence-electron chi connectivity index (χ3n) is 5.04. The van der Waals surface area contributed by atoms with Crippen molar-refractivity contribution in [1.29, 1.82) is 0 Å². The quantitative estimate of drug-likeness (QED) is 0.596. The Balaban J connectivity index is 2.13. The first-order valence-corrected chi connectivity index (χ1v) is 9.41. The molecule has 0 spiro atoms. The summed E-state index contributed by atoms with van der Waals surface area (Å²) < 4.78 is 40.4. The van der Waals surface area contributed by atoms with E-state index in [1.807, 2.05) is 26.0 Å². The van der Waals surface area contributed by atoms with E-state index in [2.05, 4.69) is 4.98 Å². The lowest BCUT2D eigenvalue weighted by atomic mass is 9.97. The summed E-state index contributed by atoms with van der Waals surface area (Å²) in [6, 6.07) is 7.16. The van der Waals surface area contributed by atoms with Crippen LogP contribution < -0.4 is 11.2 Å². The molecule has 0 amide bonds. The van der Waals surface area contributed by atoms with Gasteiger partial charge in [-0.25, -0.2) is 9.78 Å². The van der Waals surface area contributed by atoms with Gasteiger partial charge in [-0.3, -0.25) is 18.7 Å². The Morgan fingerprint density at radius 1 is 1.07 bits per heavy atom. The van der Waals surface area contributed by atoms with Crippen molar-refractivity contribution in [3.05, 3.63) is 73.6 Å². The zero-order valence-electron chi connectivity index (χ0n) is 16.7. The number of aromatic nitrogens is 3. The van der Waals surface area contributed by atoms with E-state index < -0.39 is 35.4 Å². The highest BCUT2D eigenvalue weighted by Gasteiger charge is 2.33. The molecular formula is C21H20F3N3O3. The zero-order valence-corrected chi connectivity index (χ0v) is 16.7. The first-order chi connectivity index (χ1) is 14.1. The Labute approximate surface area is 169 Å². The van der Waals surface area contributed by atoms with Crippen LogP contribution in [0, 0.1) is 0 Å². The van der Waals surface area contributed by atoms with E-state index >= 15 is 0 Å². The van der Waals surface area contributed by atoms with Gasteiger partial charge in [-0.1, -0.05) is 26.0 Å². The Morgan fingerprint density at radius 3 is 2.37 bits per heavy atom. The number of aryl methyl sites for hydroxylation is 3. The van der Waals surface area contributed by atoms with Gasteiger partial charge in [0, 0.05) is 12.6 Å². The first-order valence-electron chi connectivity index (χ1n) is 9.41. The van der Waals surface area contributed by atoms with Crippen LogP contribution in [-0.2, 0) is 32.6 Å². The molecule has 0 aliphatic carbocycles. The maximum absolute atomic E-state index is 12.9. The molecular weight excluding hydrogens is 399 g/mol. The minimum absolute atomic E-state index is 0.170. The Bertz CT molecular complexity index is 1260. The summed E-state index contributed by atoms with van der Waals surface area (Å²) in [7, 11) is 1.22. The summed E-state index contributed by atoms with van der Waals surface area (Å²) in [6.45, 7) is 3.33. The van der Waals surface area contributed by atoms with E-state index in [0.29, 0.717) is 18.1 Å². The normalized spacial score (nSPS) is 11.8. The van der Waals surface area contributed by atoms with E-state index in [0.717, 1.165) is 32.7 Å². The fraction of sp³-hybridized carbons (Fsp3) is 0.333. The standard InChI is InChI=1S/C21H20F3N3O3/c1-4-12-6-7-13(5-2)15(10-12)16(28)11-27-19(29)14-8-9-17(21(22,23)24)25-18(14)26(3)20(27)30/h6-10H,4-5,11H2,1-3H3. The number of carbonyl (C=O) groups is 1. The highest BCUT2D eigenvalue weighted by Crippen LogP contribution is 2.28. The molecule has 0 N–H and O–H groups in total. The van der Waals surface area contributed by atoms with Crippen molar-refractivity contribution >= 4 is 16.8 Å². The third-order valence-corrected chi connectivity index (χ3v) is 5.04. The van der Waals surface area contributed by atoms with Crippen molar-refractivity contribution in [3.63, 3.8) is 0 Å². The fourth-order valence-corrected chi connectivity index (χ4v) is 3.31. The summed E-state index contributed by atoms with van der Waals surface area (Å²) >= 11 is 0. The average Bonchev–Trinajstić information content (AvgIpc) is 2.73. The molecule has 0 saturated heterocycles.